The second-order valence-electron chi connectivity index (χ2n) is 3.23. The fourth-order valence-electron chi connectivity index (χ4n) is 0.623. The summed E-state index contributed by atoms with van der Waals surface area (Å²) in [6.45, 7) is 7.37. The van der Waals surface area contributed by atoms with Crippen LogP contribution in [0.5, 0.6) is 0 Å². The van der Waals surface area contributed by atoms with Crippen LogP contribution in [0, 0.1) is 18.3 Å². The van der Waals surface area contributed by atoms with Gasteiger partial charge in [0, 0.05) is 12.3 Å². The molecule has 0 aromatic rings. The summed E-state index contributed by atoms with van der Waals surface area (Å²) < 4.78 is 5.12. The number of hydrogen-bond acceptors (Lipinski definition) is 2. The molecule has 0 radical (unpaired) electrons. The lowest BCUT2D eigenvalue weighted by Gasteiger charge is -2.27. The molecule has 0 bridgehead atoms. The highest BCUT2D eigenvalue weighted by Gasteiger charge is 2.29. The number of carbonyl (C=O) groups excluding carboxylic acids is 1. The number of ether oxygens (including phenoxy) is 1. The van der Waals surface area contributed by atoms with Gasteiger partial charge in [-0.2, -0.15) is 0 Å². The first-order valence-electron chi connectivity index (χ1n) is 4.16. The van der Waals surface area contributed by atoms with Crippen molar-refractivity contribution in [2.75, 3.05) is 0 Å². The topological polar surface area (TPSA) is 26.3 Å². The summed E-state index contributed by atoms with van der Waals surface area (Å²) in [6.07, 6.45) is 5.65. The number of hydrogen-bond donors (Lipinski definition) is 0. The molecule has 1 atom stereocenters. The summed E-state index contributed by atoms with van der Waals surface area (Å²) in [4.78, 5) is 11.0. The standard InChI is InChI=1S/C10H16O2/c1-6-9(11)12-10(5,7-2)8(3)4/h2,8H,6H2,1,3-5H3. The molecule has 0 aliphatic rings. The van der Waals surface area contributed by atoms with Crippen LogP contribution < -0.4 is 0 Å². The first-order chi connectivity index (χ1) is 5.46. The van der Waals surface area contributed by atoms with Gasteiger partial charge in [-0.3, -0.25) is 4.79 Å². The van der Waals surface area contributed by atoms with Gasteiger partial charge in [-0.05, 0) is 6.92 Å². The second-order valence-corrected chi connectivity index (χ2v) is 3.23. The Kier molecular flexibility index (Phi) is 3.82. The van der Waals surface area contributed by atoms with Gasteiger partial charge in [-0.25, -0.2) is 0 Å². The Hall–Kier alpha value is -0.970. The van der Waals surface area contributed by atoms with Gasteiger partial charge in [0.1, 0.15) is 0 Å². The third kappa shape index (κ3) is 2.58. The number of carbonyl (C=O) groups is 1. The van der Waals surface area contributed by atoms with E-state index in [9.17, 15) is 4.79 Å². The van der Waals surface area contributed by atoms with Crippen molar-refractivity contribution in [2.45, 2.75) is 39.7 Å². The van der Waals surface area contributed by atoms with Crippen molar-refractivity contribution in [2.24, 2.45) is 5.92 Å². The third-order valence-electron chi connectivity index (χ3n) is 2.00. The van der Waals surface area contributed by atoms with Gasteiger partial charge in [0.05, 0.1) is 0 Å². The monoisotopic (exact) mass is 168 g/mol. The summed E-state index contributed by atoms with van der Waals surface area (Å²) in [7, 11) is 0. The predicted molar refractivity (Wildman–Crippen MR) is 48.5 cm³/mol. The Morgan fingerprint density at radius 3 is 2.42 bits per heavy atom. The van der Waals surface area contributed by atoms with Crippen molar-refractivity contribution in [1.29, 1.82) is 0 Å². The highest BCUT2D eigenvalue weighted by molar-refractivity contribution is 5.69. The zero-order valence-corrected chi connectivity index (χ0v) is 8.18. The van der Waals surface area contributed by atoms with E-state index in [1.807, 2.05) is 13.8 Å². The van der Waals surface area contributed by atoms with E-state index in [-0.39, 0.29) is 11.9 Å². The van der Waals surface area contributed by atoms with Crippen LogP contribution in [-0.2, 0) is 9.53 Å². The Morgan fingerprint density at radius 1 is 1.67 bits per heavy atom. The molecule has 12 heavy (non-hydrogen) atoms. The quantitative estimate of drug-likeness (QED) is 0.476. The summed E-state index contributed by atoms with van der Waals surface area (Å²) in [5.74, 6) is 2.39. The van der Waals surface area contributed by atoms with Crippen LogP contribution in [0.15, 0.2) is 0 Å². The van der Waals surface area contributed by atoms with Crippen molar-refractivity contribution in [1.82, 2.24) is 0 Å². The molecule has 0 aliphatic heterocycles. The first-order valence-corrected chi connectivity index (χ1v) is 4.16. The highest BCUT2D eigenvalue weighted by Crippen LogP contribution is 2.20. The molecule has 2 heteroatoms. The number of esters is 1. The molecule has 0 fully saturated rings. The Labute approximate surface area is 74.3 Å². The molecule has 0 saturated heterocycles. The summed E-state index contributed by atoms with van der Waals surface area (Å²) in [6, 6.07) is 0. The molecule has 0 saturated carbocycles. The molecule has 0 heterocycles. The second kappa shape index (κ2) is 4.15. The van der Waals surface area contributed by atoms with E-state index in [4.69, 9.17) is 11.2 Å². The molecule has 0 aromatic heterocycles. The van der Waals surface area contributed by atoms with Crippen LogP contribution in [0.25, 0.3) is 0 Å². The predicted octanol–water partition coefficient (Wildman–Crippen LogP) is 1.99. The van der Waals surface area contributed by atoms with Gasteiger partial charge in [0.2, 0.25) is 0 Å². The Balaban J connectivity index is 4.37. The van der Waals surface area contributed by atoms with Crippen LogP contribution in [0.1, 0.15) is 34.1 Å². The fraction of sp³-hybridized carbons (Fsp3) is 0.700. The van der Waals surface area contributed by atoms with Crippen LogP contribution in [-0.4, -0.2) is 11.6 Å². The lowest BCUT2D eigenvalue weighted by molar-refractivity contribution is -0.155. The molecule has 0 N–H and O–H groups in total. The molecule has 68 valence electrons. The van der Waals surface area contributed by atoms with Gasteiger partial charge < -0.3 is 4.74 Å². The van der Waals surface area contributed by atoms with Gasteiger partial charge in [0.25, 0.3) is 0 Å². The fourth-order valence-corrected chi connectivity index (χ4v) is 0.623. The van der Waals surface area contributed by atoms with Crippen LogP contribution >= 0.6 is 0 Å². The highest BCUT2D eigenvalue weighted by atomic mass is 16.6. The van der Waals surface area contributed by atoms with E-state index >= 15 is 0 Å². The number of rotatable bonds is 3. The Bertz CT molecular complexity index is 200. The summed E-state index contributed by atoms with van der Waals surface area (Å²) >= 11 is 0. The molecule has 0 aliphatic carbocycles. The van der Waals surface area contributed by atoms with E-state index in [1.165, 1.54) is 0 Å². The maximum absolute atomic E-state index is 11.0. The summed E-state index contributed by atoms with van der Waals surface area (Å²) in [5.41, 5.74) is -0.757. The van der Waals surface area contributed by atoms with Gasteiger partial charge >= 0.3 is 5.97 Å². The lowest BCUT2D eigenvalue weighted by atomic mass is 9.93. The minimum Gasteiger partial charge on any atom is -0.446 e. The average molecular weight is 168 g/mol. The lowest BCUT2D eigenvalue weighted by Crippen LogP contribution is -2.35. The summed E-state index contributed by atoms with van der Waals surface area (Å²) in [5, 5.41) is 0. The van der Waals surface area contributed by atoms with E-state index < -0.39 is 5.60 Å². The maximum atomic E-state index is 11.0. The normalized spacial score (nSPS) is 15.0. The van der Waals surface area contributed by atoms with Gasteiger partial charge in [-0.15, -0.1) is 6.42 Å². The zero-order valence-electron chi connectivity index (χ0n) is 8.18. The Morgan fingerprint density at radius 2 is 2.17 bits per heavy atom. The molecular weight excluding hydrogens is 152 g/mol. The van der Waals surface area contributed by atoms with E-state index in [2.05, 4.69) is 5.92 Å². The van der Waals surface area contributed by atoms with Crippen molar-refractivity contribution < 1.29 is 9.53 Å². The van der Waals surface area contributed by atoms with Crippen LogP contribution in [0.2, 0.25) is 0 Å². The van der Waals surface area contributed by atoms with Crippen molar-refractivity contribution in [3.8, 4) is 12.3 Å². The molecule has 0 spiro atoms. The minimum atomic E-state index is -0.757. The first kappa shape index (κ1) is 11.0. The molecule has 2 nitrogen and oxygen atoms in total. The minimum absolute atomic E-state index is 0.137. The molecule has 0 amide bonds. The van der Waals surface area contributed by atoms with Crippen LogP contribution in [0.3, 0.4) is 0 Å². The van der Waals surface area contributed by atoms with Crippen molar-refractivity contribution >= 4 is 5.97 Å². The largest absolute Gasteiger partial charge is 0.446 e. The molecule has 0 aromatic carbocycles. The maximum Gasteiger partial charge on any atom is 0.307 e. The SMILES string of the molecule is C#CC(C)(OC(=O)CC)C(C)C. The number of terminal acetylenes is 1. The zero-order chi connectivity index (χ0) is 9.78. The molecule has 1 unspecified atom stereocenters. The van der Waals surface area contributed by atoms with E-state index in [0.29, 0.717) is 6.42 Å². The van der Waals surface area contributed by atoms with Gasteiger partial charge in [0.15, 0.2) is 5.60 Å². The van der Waals surface area contributed by atoms with Crippen molar-refractivity contribution in [3.63, 3.8) is 0 Å². The molecule has 0 rings (SSSR count). The average Bonchev–Trinajstić information content (AvgIpc) is 2.03. The third-order valence-corrected chi connectivity index (χ3v) is 2.00. The smallest absolute Gasteiger partial charge is 0.307 e. The molecular formula is C10H16O2. The van der Waals surface area contributed by atoms with Crippen molar-refractivity contribution in [3.05, 3.63) is 0 Å². The van der Waals surface area contributed by atoms with Gasteiger partial charge in [-0.1, -0.05) is 26.7 Å². The van der Waals surface area contributed by atoms with Crippen LogP contribution in [0.4, 0.5) is 0 Å². The van der Waals surface area contributed by atoms with E-state index in [0.717, 1.165) is 0 Å². The van der Waals surface area contributed by atoms with E-state index in [1.54, 1.807) is 13.8 Å².